The molecular weight excluding hydrogens is 328 g/mol. The van der Waals surface area contributed by atoms with E-state index in [9.17, 15) is 9.59 Å². The Kier molecular flexibility index (Phi) is 5.08. The smallest absolute Gasteiger partial charge is 0.329 e. The number of carboxylic acid groups (broad SMARTS) is 1. The van der Waals surface area contributed by atoms with Gasteiger partial charge in [-0.3, -0.25) is 9.78 Å². The topological polar surface area (TPSA) is 79.7 Å². The number of hydrogen-bond acceptors (Lipinski definition) is 4. The molecule has 1 saturated heterocycles. The third kappa shape index (κ3) is 3.77. The van der Waals surface area contributed by atoms with E-state index in [1.807, 2.05) is 6.07 Å². The lowest BCUT2D eigenvalue weighted by Gasteiger charge is -2.24. The molecule has 7 heteroatoms. The number of amides is 1. The van der Waals surface area contributed by atoms with E-state index in [4.69, 9.17) is 9.84 Å². The van der Waals surface area contributed by atoms with Crippen LogP contribution in [0.4, 0.5) is 0 Å². The number of carboxylic acids is 1. The van der Waals surface area contributed by atoms with Crippen LogP contribution in [0.2, 0.25) is 0 Å². The summed E-state index contributed by atoms with van der Waals surface area (Å²) in [6.07, 6.45) is 5.24. The number of nitrogens with zero attached hydrogens (tertiary/aromatic N) is 2. The highest BCUT2D eigenvalue weighted by Crippen LogP contribution is 2.32. The summed E-state index contributed by atoms with van der Waals surface area (Å²) in [6, 6.07) is 1.93. The number of rotatable bonds is 5. The van der Waals surface area contributed by atoms with Gasteiger partial charge >= 0.3 is 5.97 Å². The lowest BCUT2D eigenvalue weighted by molar-refractivity contribution is -0.146. The zero-order valence-electron chi connectivity index (χ0n) is 10.8. The predicted octanol–water partition coefficient (Wildman–Crippen LogP) is 1.61. The number of ether oxygens (including phenoxy) is 1. The number of hydrogen-bond donors (Lipinski definition) is 1. The van der Waals surface area contributed by atoms with Gasteiger partial charge in [-0.2, -0.15) is 0 Å². The molecule has 1 unspecified atom stereocenters. The predicted molar refractivity (Wildman–Crippen MR) is 74.1 cm³/mol. The third-order valence-corrected chi connectivity index (χ3v) is 3.57. The van der Waals surface area contributed by atoms with E-state index in [-0.39, 0.29) is 18.6 Å². The molecule has 0 spiro atoms. The van der Waals surface area contributed by atoms with Crippen molar-refractivity contribution in [3.8, 4) is 0 Å². The number of likely N-dealkylation sites (tertiary alicyclic amines) is 1. The first-order valence-corrected chi connectivity index (χ1v) is 7.06. The number of aliphatic carboxylic acids is 1. The first-order chi connectivity index (χ1) is 9.58. The van der Waals surface area contributed by atoms with Gasteiger partial charge in [0, 0.05) is 23.4 Å². The molecule has 20 heavy (non-hydrogen) atoms. The Morgan fingerprint density at radius 1 is 1.45 bits per heavy atom. The summed E-state index contributed by atoms with van der Waals surface area (Å²) < 4.78 is 5.73. The summed E-state index contributed by atoms with van der Waals surface area (Å²) in [6.45, 7) is -0.000631. The molecule has 1 atom stereocenters. The van der Waals surface area contributed by atoms with E-state index in [1.165, 1.54) is 0 Å². The summed E-state index contributed by atoms with van der Waals surface area (Å²) >= 11 is 3.37. The second-order valence-electron chi connectivity index (χ2n) is 4.57. The number of pyridine rings is 1. The van der Waals surface area contributed by atoms with Crippen LogP contribution in [0.1, 0.15) is 24.4 Å². The van der Waals surface area contributed by atoms with Crippen LogP contribution < -0.4 is 0 Å². The molecule has 0 aliphatic carbocycles. The first-order valence-electron chi connectivity index (χ1n) is 6.27. The Morgan fingerprint density at radius 3 is 2.95 bits per heavy atom. The van der Waals surface area contributed by atoms with Gasteiger partial charge in [0.15, 0.2) is 0 Å². The van der Waals surface area contributed by atoms with Gasteiger partial charge in [-0.15, -0.1) is 0 Å². The molecule has 1 aliphatic rings. The molecule has 2 heterocycles. The van der Waals surface area contributed by atoms with Gasteiger partial charge in [0.1, 0.15) is 13.2 Å². The number of aromatic nitrogens is 1. The molecule has 108 valence electrons. The summed E-state index contributed by atoms with van der Waals surface area (Å²) in [5.41, 5.74) is 0.975. The van der Waals surface area contributed by atoms with E-state index >= 15 is 0 Å². The van der Waals surface area contributed by atoms with Gasteiger partial charge in [0.2, 0.25) is 5.91 Å². The van der Waals surface area contributed by atoms with Crippen LogP contribution in [0.3, 0.4) is 0 Å². The van der Waals surface area contributed by atoms with E-state index in [2.05, 4.69) is 20.9 Å². The maximum atomic E-state index is 12.1. The summed E-state index contributed by atoms with van der Waals surface area (Å²) in [5, 5.41) is 8.49. The fraction of sp³-hybridized carbons (Fsp3) is 0.462. The van der Waals surface area contributed by atoms with Gasteiger partial charge in [-0.25, -0.2) is 4.79 Å². The Morgan fingerprint density at radius 2 is 2.25 bits per heavy atom. The van der Waals surface area contributed by atoms with Crippen LogP contribution in [-0.4, -0.2) is 46.6 Å². The molecule has 0 saturated carbocycles. The van der Waals surface area contributed by atoms with E-state index in [1.54, 1.807) is 17.3 Å². The quantitative estimate of drug-likeness (QED) is 0.879. The highest BCUT2D eigenvalue weighted by Gasteiger charge is 2.30. The van der Waals surface area contributed by atoms with Crippen molar-refractivity contribution >= 4 is 27.8 Å². The number of carbonyl (C=O) groups excluding carboxylic acids is 1. The van der Waals surface area contributed by atoms with Gasteiger partial charge in [0.05, 0.1) is 6.04 Å². The van der Waals surface area contributed by atoms with Crippen LogP contribution in [0, 0.1) is 0 Å². The van der Waals surface area contributed by atoms with E-state index in [0.717, 1.165) is 22.9 Å². The lowest BCUT2D eigenvalue weighted by atomic mass is 10.1. The maximum absolute atomic E-state index is 12.1. The average Bonchev–Trinajstić information content (AvgIpc) is 2.87. The van der Waals surface area contributed by atoms with Crippen molar-refractivity contribution in [2.24, 2.45) is 0 Å². The SMILES string of the molecule is O=C(O)COCC(=O)N1CCCC1c1cncc(Br)c1. The Hall–Kier alpha value is -1.47. The molecule has 1 fully saturated rings. The molecule has 1 aromatic rings. The van der Waals surface area contributed by atoms with Crippen LogP contribution >= 0.6 is 15.9 Å². The van der Waals surface area contributed by atoms with E-state index in [0.29, 0.717) is 6.54 Å². The largest absolute Gasteiger partial charge is 0.480 e. The number of carbonyl (C=O) groups is 2. The Labute approximate surface area is 124 Å². The van der Waals surface area contributed by atoms with Gasteiger partial charge < -0.3 is 14.7 Å². The van der Waals surface area contributed by atoms with Crippen molar-refractivity contribution in [3.63, 3.8) is 0 Å². The molecule has 0 bridgehead atoms. The fourth-order valence-corrected chi connectivity index (χ4v) is 2.71. The molecule has 1 aromatic heterocycles. The van der Waals surface area contributed by atoms with Crippen molar-refractivity contribution in [2.75, 3.05) is 19.8 Å². The third-order valence-electron chi connectivity index (χ3n) is 3.14. The molecule has 1 N–H and O–H groups in total. The van der Waals surface area contributed by atoms with Crippen molar-refractivity contribution < 1.29 is 19.4 Å². The molecule has 0 radical (unpaired) electrons. The van der Waals surface area contributed by atoms with Crippen LogP contribution in [-0.2, 0) is 14.3 Å². The summed E-state index contributed by atoms with van der Waals surface area (Å²) in [4.78, 5) is 28.3. The van der Waals surface area contributed by atoms with Crippen molar-refractivity contribution in [1.82, 2.24) is 9.88 Å². The van der Waals surface area contributed by atoms with Gasteiger partial charge in [0.25, 0.3) is 0 Å². The van der Waals surface area contributed by atoms with Gasteiger partial charge in [-0.1, -0.05) is 0 Å². The molecule has 1 amide bonds. The summed E-state index contributed by atoms with van der Waals surface area (Å²) in [7, 11) is 0. The molecule has 0 aromatic carbocycles. The highest BCUT2D eigenvalue weighted by molar-refractivity contribution is 9.10. The number of halogens is 1. The monoisotopic (exact) mass is 342 g/mol. The van der Waals surface area contributed by atoms with Crippen LogP contribution in [0.15, 0.2) is 22.9 Å². The minimum absolute atomic E-state index is 0.0130. The zero-order chi connectivity index (χ0) is 14.5. The fourth-order valence-electron chi connectivity index (χ4n) is 2.33. The molecule has 6 nitrogen and oxygen atoms in total. The van der Waals surface area contributed by atoms with E-state index < -0.39 is 12.6 Å². The highest BCUT2D eigenvalue weighted by atomic mass is 79.9. The lowest BCUT2D eigenvalue weighted by Crippen LogP contribution is -2.34. The molecule has 1 aliphatic heterocycles. The van der Waals surface area contributed by atoms with Crippen molar-refractivity contribution in [1.29, 1.82) is 0 Å². The van der Waals surface area contributed by atoms with Gasteiger partial charge in [-0.05, 0) is 40.4 Å². The van der Waals surface area contributed by atoms with Crippen molar-refractivity contribution in [3.05, 3.63) is 28.5 Å². The second-order valence-corrected chi connectivity index (χ2v) is 5.48. The Bertz CT molecular complexity index is 509. The maximum Gasteiger partial charge on any atom is 0.329 e. The van der Waals surface area contributed by atoms with Crippen LogP contribution in [0.25, 0.3) is 0 Å². The molecular formula is C13H15BrN2O4. The Balaban J connectivity index is 2.00. The minimum atomic E-state index is -1.08. The standard InChI is InChI=1S/C13H15BrN2O4/c14-10-4-9(5-15-6-10)11-2-1-3-16(11)12(17)7-20-8-13(18)19/h4-6,11H,1-3,7-8H2,(H,18,19). The zero-order valence-corrected chi connectivity index (χ0v) is 12.4. The average molecular weight is 343 g/mol. The minimum Gasteiger partial charge on any atom is -0.480 e. The molecule has 2 rings (SSSR count). The second kappa shape index (κ2) is 6.81. The summed E-state index contributed by atoms with van der Waals surface area (Å²) in [5.74, 6) is -1.26. The van der Waals surface area contributed by atoms with Crippen molar-refractivity contribution in [2.45, 2.75) is 18.9 Å². The normalized spacial score (nSPS) is 18.2. The first kappa shape index (κ1) is 14.9. The van der Waals surface area contributed by atoms with Crippen LogP contribution in [0.5, 0.6) is 0 Å².